The van der Waals surface area contributed by atoms with Gasteiger partial charge in [-0.25, -0.2) is 0 Å². The van der Waals surface area contributed by atoms with Crippen molar-refractivity contribution in [2.24, 2.45) is 23.7 Å². The van der Waals surface area contributed by atoms with Gasteiger partial charge in [-0.15, -0.1) is 0 Å². The van der Waals surface area contributed by atoms with Gasteiger partial charge in [0.25, 0.3) is 0 Å². The van der Waals surface area contributed by atoms with Gasteiger partial charge in [-0.1, -0.05) is 75.3 Å². The van der Waals surface area contributed by atoms with E-state index in [0.29, 0.717) is 29.4 Å². The zero-order valence-corrected chi connectivity index (χ0v) is 19.9. The molecule has 0 saturated heterocycles. The molecule has 1 N–H and O–H groups in total. The van der Waals surface area contributed by atoms with Gasteiger partial charge in [-0.2, -0.15) is 0 Å². The van der Waals surface area contributed by atoms with Crippen LogP contribution in [0.25, 0.3) is 0 Å². The van der Waals surface area contributed by atoms with Gasteiger partial charge in [0.1, 0.15) is 5.75 Å². The molecule has 0 aromatic heterocycles. The Morgan fingerprint density at radius 2 is 2.11 bits per heavy atom. The number of fused-ring (bicyclic) bond motifs is 2. The van der Waals surface area contributed by atoms with Gasteiger partial charge >= 0.3 is 0 Å². The summed E-state index contributed by atoms with van der Waals surface area (Å²) in [5.74, 6) is 3.24. The summed E-state index contributed by atoms with van der Waals surface area (Å²) < 4.78 is 6.17. The SMILES string of the molecule is CCCCC[C@@H](/C=C/[C@@H]1[C@H]2Cc3cccc(O)c3C[C@H]2C[C@H]1C)OP(P)P. The summed E-state index contributed by atoms with van der Waals surface area (Å²) in [5, 5.41) is 10.2. The summed E-state index contributed by atoms with van der Waals surface area (Å²) in [6, 6.07) is 6.05. The van der Waals surface area contributed by atoms with Crippen LogP contribution in [0.1, 0.15) is 57.1 Å². The number of phenols is 1. The van der Waals surface area contributed by atoms with E-state index in [4.69, 9.17) is 4.52 Å². The minimum Gasteiger partial charge on any atom is -0.508 e. The molecule has 0 amide bonds. The predicted octanol–water partition coefficient (Wildman–Crippen LogP) is 6.88. The monoisotopic (exact) mass is 424 g/mol. The van der Waals surface area contributed by atoms with Crippen molar-refractivity contribution in [3.05, 3.63) is 41.5 Å². The Bertz CT molecular complexity index is 646. The average molecular weight is 424 g/mol. The van der Waals surface area contributed by atoms with Crippen molar-refractivity contribution in [3.8, 4) is 5.75 Å². The van der Waals surface area contributed by atoms with E-state index in [1.165, 1.54) is 36.8 Å². The zero-order chi connectivity index (χ0) is 19.4. The van der Waals surface area contributed by atoms with Crippen molar-refractivity contribution in [2.45, 2.75) is 64.9 Å². The second-order valence-electron chi connectivity index (χ2n) is 8.42. The molecule has 150 valence electrons. The molecule has 0 radical (unpaired) electrons. The Hall–Kier alpha value is 0.01000. The van der Waals surface area contributed by atoms with E-state index >= 15 is 0 Å². The van der Waals surface area contributed by atoms with Crippen LogP contribution in [0.3, 0.4) is 0 Å². The number of rotatable bonds is 8. The summed E-state index contributed by atoms with van der Waals surface area (Å²) in [5.41, 5.74) is 2.56. The van der Waals surface area contributed by atoms with E-state index in [0.717, 1.165) is 19.3 Å². The van der Waals surface area contributed by atoms with Crippen molar-refractivity contribution < 1.29 is 9.63 Å². The molecule has 2 aliphatic carbocycles. The molecule has 1 saturated carbocycles. The largest absolute Gasteiger partial charge is 0.508 e. The minimum atomic E-state index is -0.495. The van der Waals surface area contributed by atoms with Gasteiger partial charge in [0.2, 0.25) is 0 Å². The van der Waals surface area contributed by atoms with E-state index in [-0.39, 0.29) is 6.10 Å². The van der Waals surface area contributed by atoms with E-state index in [1.807, 2.05) is 12.1 Å². The van der Waals surface area contributed by atoms with Gasteiger partial charge in [0, 0.05) is 0 Å². The van der Waals surface area contributed by atoms with Crippen LogP contribution in [0.5, 0.6) is 5.75 Å². The molecule has 0 aliphatic heterocycles. The van der Waals surface area contributed by atoms with Crippen LogP contribution >= 0.6 is 25.4 Å². The van der Waals surface area contributed by atoms with E-state index in [9.17, 15) is 5.11 Å². The van der Waals surface area contributed by atoms with Crippen LogP contribution in [0.2, 0.25) is 0 Å². The number of hydrogen-bond donors (Lipinski definition) is 1. The smallest absolute Gasteiger partial charge is 0.119 e. The van der Waals surface area contributed by atoms with Crippen molar-refractivity contribution in [1.82, 2.24) is 0 Å². The Morgan fingerprint density at radius 3 is 2.85 bits per heavy atom. The summed E-state index contributed by atoms with van der Waals surface area (Å²) in [7, 11) is 5.09. The summed E-state index contributed by atoms with van der Waals surface area (Å²) in [6.07, 6.45) is 13.4. The summed E-state index contributed by atoms with van der Waals surface area (Å²) in [6.45, 7) is 4.66. The van der Waals surface area contributed by atoms with Crippen LogP contribution in [0, 0.1) is 23.7 Å². The molecule has 1 aromatic carbocycles. The second-order valence-corrected chi connectivity index (χ2v) is 14.2. The van der Waals surface area contributed by atoms with Crippen molar-refractivity contribution in [1.29, 1.82) is 0 Å². The van der Waals surface area contributed by atoms with Crippen LogP contribution in [0.4, 0.5) is 0 Å². The highest BCUT2D eigenvalue weighted by atomic mass is 32.4. The molecule has 0 spiro atoms. The number of phenolic OH excluding ortho intramolecular Hbond substituents is 1. The minimum absolute atomic E-state index is 0.240. The van der Waals surface area contributed by atoms with Crippen LogP contribution in [-0.2, 0) is 17.4 Å². The number of allylic oxidation sites excluding steroid dienone is 1. The number of unbranched alkanes of at least 4 members (excludes halogenated alkanes) is 2. The molecule has 2 nitrogen and oxygen atoms in total. The normalized spacial score (nSPS) is 28.5. The first-order valence-electron chi connectivity index (χ1n) is 10.4. The quantitative estimate of drug-likeness (QED) is 0.280. The third-order valence-electron chi connectivity index (χ3n) is 6.50. The topological polar surface area (TPSA) is 29.5 Å². The fraction of sp³-hybridized carbons (Fsp3) is 0.636. The Balaban J connectivity index is 1.70. The molecular weight excluding hydrogens is 389 g/mol. The lowest BCUT2D eigenvalue weighted by Gasteiger charge is -2.31. The fourth-order valence-corrected chi connectivity index (χ4v) is 6.59. The molecule has 5 heteroatoms. The van der Waals surface area contributed by atoms with Gasteiger partial charge in [0.15, 0.2) is 0 Å². The zero-order valence-electron chi connectivity index (χ0n) is 16.7. The number of aromatic hydroxyl groups is 1. The maximum Gasteiger partial charge on any atom is 0.119 e. The Kier molecular flexibility index (Phi) is 8.17. The standard InChI is InChI=1S/C22H35O2P3/c1-3-4-5-8-18(24-27(25)26)10-11-19-15(2)12-17-14-21-16(13-20(17)19)7-6-9-22(21)23/h6-7,9-11,15,17-20,23H,3-5,8,12-14,25-26H2,1-2H3/b11-10+/t15-,17-,18+,19+,20+/m1/s1. The summed E-state index contributed by atoms with van der Waals surface area (Å²) in [4.78, 5) is 0. The maximum absolute atomic E-state index is 10.2. The molecule has 0 bridgehead atoms. The number of hydrogen-bond acceptors (Lipinski definition) is 2. The third-order valence-corrected chi connectivity index (χ3v) is 7.74. The molecule has 2 unspecified atom stereocenters. The van der Waals surface area contributed by atoms with E-state index in [2.05, 4.69) is 49.9 Å². The van der Waals surface area contributed by atoms with Gasteiger partial charge in [-0.05, 0) is 66.5 Å². The first kappa shape index (κ1) is 21.7. The van der Waals surface area contributed by atoms with Gasteiger partial charge in [-0.3, -0.25) is 0 Å². The molecule has 0 heterocycles. The molecule has 2 aliphatic rings. The first-order chi connectivity index (χ1) is 13.0. The van der Waals surface area contributed by atoms with E-state index < -0.39 is 7.53 Å². The first-order valence-corrected chi connectivity index (χ1v) is 14.9. The molecule has 1 aromatic rings. The molecule has 1 fully saturated rings. The van der Waals surface area contributed by atoms with E-state index in [1.54, 1.807) is 0 Å². The average Bonchev–Trinajstić information content (AvgIpc) is 2.92. The van der Waals surface area contributed by atoms with Crippen molar-refractivity contribution in [2.75, 3.05) is 0 Å². The molecule has 27 heavy (non-hydrogen) atoms. The third kappa shape index (κ3) is 5.54. The number of benzene rings is 1. The van der Waals surface area contributed by atoms with Gasteiger partial charge in [0.05, 0.1) is 13.6 Å². The van der Waals surface area contributed by atoms with Crippen molar-refractivity contribution in [3.63, 3.8) is 0 Å². The predicted molar refractivity (Wildman–Crippen MR) is 124 cm³/mol. The molecular formula is C22H35O2P3. The highest BCUT2D eigenvalue weighted by Crippen LogP contribution is 2.55. The van der Waals surface area contributed by atoms with Crippen molar-refractivity contribution >= 4 is 25.4 Å². The Morgan fingerprint density at radius 1 is 1.30 bits per heavy atom. The second kappa shape index (κ2) is 10.2. The highest BCUT2D eigenvalue weighted by Gasteiger charge is 2.42. The van der Waals surface area contributed by atoms with Crippen LogP contribution in [-0.4, -0.2) is 11.2 Å². The maximum atomic E-state index is 10.2. The highest BCUT2D eigenvalue weighted by molar-refractivity contribution is 8.41. The molecule has 3 rings (SSSR count). The molecule has 7 atom stereocenters. The van der Waals surface area contributed by atoms with Crippen LogP contribution < -0.4 is 0 Å². The lowest BCUT2D eigenvalue weighted by molar-refractivity contribution is 0.266. The lowest BCUT2D eigenvalue weighted by atomic mass is 9.74. The fourth-order valence-electron chi connectivity index (χ4n) is 5.17. The van der Waals surface area contributed by atoms with Gasteiger partial charge < -0.3 is 9.63 Å². The van der Waals surface area contributed by atoms with Crippen LogP contribution in [0.15, 0.2) is 30.4 Å². The summed E-state index contributed by atoms with van der Waals surface area (Å²) >= 11 is 0. The Labute approximate surface area is 171 Å². The lowest BCUT2D eigenvalue weighted by Crippen LogP contribution is -2.25.